The molecule has 2 aromatic carbocycles. The van der Waals surface area contributed by atoms with Crippen LogP contribution < -0.4 is 10.2 Å². The van der Waals surface area contributed by atoms with Gasteiger partial charge < -0.3 is 10.2 Å². The number of fused-ring (bicyclic) bond motifs is 1. The molecule has 0 bridgehead atoms. The van der Waals surface area contributed by atoms with E-state index in [1.165, 1.54) is 4.90 Å². The molecule has 0 aromatic heterocycles. The first kappa shape index (κ1) is 21.2. The van der Waals surface area contributed by atoms with E-state index in [1.807, 2.05) is 18.2 Å². The Kier molecular flexibility index (Phi) is 6.36. The molecule has 0 radical (unpaired) electrons. The summed E-state index contributed by atoms with van der Waals surface area (Å²) in [6.45, 7) is 3.96. The Hall–Kier alpha value is -2.03. The van der Waals surface area contributed by atoms with Gasteiger partial charge in [0.15, 0.2) is 0 Å². The molecular weight excluding hydrogens is 418 g/mol. The molecule has 1 fully saturated rings. The Morgan fingerprint density at radius 2 is 1.83 bits per heavy atom. The minimum Gasteiger partial charge on any atom is -0.360 e. The molecule has 6 nitrogen and oxygen atoms in total. The summed E-state index contributed by atoms with van der Waals surface area (Å²) in [4.78, 5) is 16.3. The van der Waals surface area contributed by atoms with Gasteiger partial charge in [0, 0.05) is 36.0 Å². The van der Waals surface area contributed by atoms with E-state index in [-0.39, 0.29) is 17.3 Å². The maximum absolute atomic E-state index is 13.1. The van der Waals surface area contributed by atoms with E-state index in [9.17, 15) is 13.2 Å². The van der Waals surface area contributed by atoms with Crippen LogP contribution in [-0.2, 0) is 14.8 Å². The van der Waals surface area contributed by atoms with Crippen LogP contribution in [-0.4, -0.2) is 50.6 Å². The number of benzene rings is 2. The van der Waals surface area contributed by atoms with Crippen molar-refractivity contribution in [1.29, 1.82) is 0 Å². The van der Waals surface area contributed by atoms with Crippen molar-refractivity contribution in [2.45, 2.75) is 36.0 Å². The molecule has 160 valence electrons. The summed E-state index contributed by atoms with van der Waals surface area (Å²) in [7, 11) is -3.55. The molecule has 0 spiro atoms. The van der Waals surface area contributed by atoms with Crippen LogP contribution in [0.1, 0.15) is 24.8 Å². The van der Waals surface area contributed by atoms with E-state index in [0.29, 0.717) is 24.3 Å². The molecule has 0 saturated carbocycles. The number of piperidine rings is 1. The molecular formula is C22H27N3O3S2. The number of carbonyl (C=O) groups excluding carboxylic acids is 1. The van der Waals surface area contributed by atoms with Crippen molar-refractivity contribution in [3.8, 4) is 0 Å². The maximum Gasteiger partial charge on any atom is 0.243 e. The molecule has 30 heavy (non-hydrogen) atoms. The van der Waals surface area contributed by atoms with Crippen LogP contribution in [0.2, 0.25) is 0 Å². The zero-order valence-corrected chi connectivity index (χ0v) is 18.8. The summed E-state index contributed by atoms with van der Waals surface area (Å²) in [5.74, 6) is 0.787. The van der Waals surface area contributed by atoms with Crippen molar-refractivity contribution in [1.82, 2.24) is 4.31 Å². The molecule has 0 unspecified atom stereocenters. The van der Waals surface area contributed by atoms with Gasteiger partial charge in [-0.05, 0) is 49.6 Å². The fourth-order valence-corrected chi connectivity index (χ4v) is 6.78. The van der Waals surface area contributed by atoms with Crippen LogP contribution in [0, 0.1) is 6.92 Å². The van der Waals surface area contributed by atoms with Gasteiger partial charge in [-0.25, -0.2) is 8.42 Å². The van der Waals surface area contributed by atoms with Crippen LogP contribution >= 0.6 is 11.8 Å². The molecule has 0 atom stereocenters. The molecule has 2 aliphatic rings. The number of nitrogens with zero attached hydrogens (tertiary/aromatic N) is 2. The van der Waals surface area contributed by atoms with Crippen LogP contribution in [0.3, 0.4) is 0 Å². The predicted octanol–water partition coefficient (Wildman–Crippen LogP) is 3.72. The molecule has 4 rings (SSSR count). The first-order chi connectivity index (χ1) is 14.4. The molecule has 0 aliphatic carbocycles. The van der Waals surface area contributed by atoms with Crippen molar-refractivity contribution in [2.75, 3.05) is 42.1 Å². The number of nitrogens with one attached hydrogen (secondary N) is 1. The zero-order chi connectivity index (χ0) is 21.1. The van der Waals surface area contributed by atoms with Gasteiger partial charge in [0.1, 0.15) is 0 Å². The van der Waals surface area contributed by atoms with Crippen LogP contribution in [0.5, 0.6) is 0 Å². The summed E-state index contributed by atoms with van der Waals surface area (Å²) in [6, 6.07) is 13.2. The zero-order valence-electron chi connectivity index (χ0n) is 17.1. The van der Waals surface area contributed by atoms with Crippen molar-refractivity contribution in [3.63, 3.8) is 0 Å². The third-order valence-electron chi connectivity index (χ3n) is 5.56. The highest BCUT2D eigenvalue weighted by molar-refractivity contribution is 7.99. The van der Waals surface area contributed by atoms with E-state index in [0.717, 1.165) is 37.2 Å². The number of para-hydroxylation sites is 1. The quantitative estimate of drug-likeness (QED) is 0.760. The van der Waals surface area contributed by atoms with Crippen LogP contribution in [0.4, 0.5) is 11.4 Å². The standard InChI is InChI=1S/C22H27N3O3S2/c1-17-9-10-18(15-21(17)30(27,28)25-11-5-2-6-12-25)23-22(26)16-24-13-14-29-20-8-4-3-7-19(20)24/h3-4,7-10,15H,2,5-6,11-14,16H2,1H3,(H,23,26). The van der Waals surface area contributed by atoms with Gasteiger partial charge in [-0.1, -0.05) is 24.6 Å². The molecule has 8 heteroatoms. The van der Waals surface area contributed by atoms with Gasteiger partial charge in [0.2, 0.25) is 15.9 Å². The fraction of sp³-hybridized carbons (Fsp3) is 0.409. The first-order valence-electron chi connectivity index (χ1n) is 10.3. The second-order valence-electron chi connectivity index (χ2n) is 7.73. The average molecular weight is 446 g/mol. The van der Waals surface area contributed by atoms with Gasteiger partial charge in [-0.15, -0.1) is 11.8 Å². The van der Waals surface area contributed by atoms with Gasteiger partial charge in [0.05, 0.1) is 17.1 Å². The smallest absolute Gasteiger partial charge is 0.243 e. The Labute approximate surface area is 182 Å². The summed E-state index contributed by atoms with van der Waals surface area (Å²) in [6.07, 6.45) is 2.85. The van der Waals surface area contributed by atoms with E-state index >= 15 is 0 Å². The lowest BCUT2D eigenvalue weighted by molar-refractivity contribution is -0.115. The Bertz CT molecular complexity index is 1030. The van der Waals surface area contributed by atoms with Crippen molar-refractivity contribution < 1.29 is 13.2 Å². The lowest BCUT2D eigenvalue weighted by Gasteiger charge is -2.30. The van der Waals surface area contributed by atoms with Crippen LogP contribution in [0.25, 0.3) is 0 Å². The first-order valence-corrected chi connectivity index (χ1v) is 12.8. The molecule has 1 N–H and O–H groups in total. The molecule has 2 heterocycles. The molecule has 1 amide bonds. The average Bonchev–Trinajstić information content (AvgIpc) is 2.76. The topological polar surface area (TPSA) is 69.7 Å². The maximum atomic E-state index is 13.1. The highest BCUT2D eigenvalue weighted by Gasteiger charge is 2.28. The van der Waals surface area contributed by atoms with E-state index in [2.05, 4.69) is 16.3 Å². The van der Waals surface area contributed by atoms with Gasteiger partial charge in [-0.2, -0.15) is 4.31 Å². The highest BCUT2D eigenvalue weighted by atomic mass is 32.2. The minimum absolute atomic E-state index is 0.151. The number of sulfonamides is 1. The van der Waals surface area contributed by atoms with E-state index < -0.39 is 10.0 Å². The number of hydrogen-bond donors (Lipinski definition) is 1. The number of aryl methyl sites for hydroxylation is 1. The third-order valence-corrected chi connectivity index (χ3v) is 8.65. The second-order valence-corrected chi connectivity index (χ2v) is 10.8. The fourth-order valence-electron chi connectivity index (χ4n) is 3.96. The number of amides is 1. The second kappa shape index (κ2) is 8.99. The SMILES string of the molecule is Cc1ccc(NC(=O)CN2CCSc3ccccc32)cc1S(=O)(=O)N1CCCCC1. The Balaban J connectivity index is 1.49. The van der Waals surface area contributed by atoms with Gasteiger partial charge >= 0.3 is 0 Å². The lowest BCUT2D eigenvalue weighted by atomic mass is 10.2. The van der Waals surface area contributed by atoms with Crippen LogP contribution in [0.15, 0.2) is 52.3 Å². The number of rotatable bonds is 5. The molecule has 2 aromatic rings. The predicted molar refractivity (Wildman–Crippen MR) is 122 cm³/mol. The lowest BCUT2D eigenvalue weighted by Crippen LogP contribution is -2.37. The normalized spacial score (nSPS) is 17.4. The third kappa shape index (κ3) is 4.50. The number of carbonyl (C=O) groups is 1. The van der Waals surface area contributed by atoms with E-state index in [1.54, 1.807) is 41.2 Å². The number of hydrogen-bond acceptors (Lipinski definition) is 5. The van der Waals surface area contributed by atoms with Crippen molar-refractivity contribution >= 4 is 39.1 Å². The molecule has 2 aliphatic heterocycles. The molecule has 1 saturated heterocycles. The Morgan fingerprint density at radius 3 is 2.63 bits per heavy atom. The number of thioether (sulfide) groups is 1. The number of anilines is 2. The summed E-state index contributed by atoms with van der Waals surface area (Å²) in [5, 5.41) is 2.89. The van der Waals surface area contributed by atoms with Gasteiger partial charge in [-0.3, -0.25) is 4.79 Å². The Morgan fingerprint density at radius 1 is 1.07 bits per heavy atom. The highest BCUT2D eigenvalue weighted by Crippen LogP contribution is 2.34. The monoisotopic (exact) mass is 445 g/mol. The summed E-state index contributed by atoms with van der Waals surface area (Å²) in [5.41, 5.74) is 2.28. The van der Waals surface area contributed by atoms with Gasteiger partial charge in [0.25, 0.3) is 0 Å². The van der Waals surface area contributed by atoms with E-state index in [4.69, 9.17) is 0 Å². The van der Waals surface area contributed by atoms with Crippen molar-refractivity contribution in [2.24, 2.45) is 0 Å². The summed E-state index contributed by atoms with van der Waals surface area (Å²) < 4.78 is 27.8. The minimum atomic E-state index is -3.55. The summed E-state index contributed by atoms with van der Waals surface area (Å²) >= 11 is 1.80. The largest absolute Gasteiger partial charge is 0.360 e. The van der Waals surface area contributed by atoms with Crippen molar-refractivity contribution in [3.05, 3.63) is 48.0 Å².